The molecule has 1 saturated heterocycles. The fraction of sp³-hybridized carbons (Fsp3) is 0.800. The van der Waals surface area contributed by atoms with E-state index in [-0.39, 0.29) is 24.3 Å². The number of likely N-dealkylation sites (N-methyl/N-ethyl adjacent to an activating group) is 1. The molecule has 0 radical (unpaired) electrons. The van der Waals surface area contributed by atoms with Crippen LogP contribution in [0.25, 0.3) is 0 Å². The Labute approximate surface area is 90.2 Å². The van der Waals surface area contributed by atoms with Crippen molar-refractivity contribution >= 4 is 11.8 Å². The summed E-state index contributed by atoms with van der Waals surface area (Å²) >= 11 is 0. The number of nitrogens with one attached hydrogen (secondary N) is 2. The third kappa shape index (κ3) is 3.20. The van der Waals surface area contributed by atoms with E-state index in [4.69, 9.17) is 0 Å². The van der Waals surface area contributed by atoms with Crippen LogP contribution in [-0.2, 0) is 9.59 Å². The van der Waals surface area contributed by atoms with Gasteiger partial charge in [0.2, 0.25) is 11.8 Å². The van der Waals surface area contributed by atoms with Gasteiger partial charge in [0.05, 0.1) is 12.5 Å². The van der Waals surface area contributed by atoms with Gasteiger partial charge < -0.3 is 15.5 Å². The van der Waals surface area contributed by atoms with Crippen LogP contribution in [0.5, 0.6) is 0 Å². The Morgan fingerprint density at radius 1 is 1.40 bits per heavy atom. The first-order chi connectivity index (χ1) is 7.02. The molecule has 2 atom stereocenters. The van der Waals surface area contributed by atoms with Crippen LogP contribution in [0.15, 0.2) is 0 Å². The summed E-state index contributed by atoms with van der Waals surface area (Å²) < 4.78 is 0. The minimum Gasteiger partial charge on any atom is -0.347 e. The second kappa shape index (κ2) is 5.11. The highest BCUT2D eigenvalue weighted by molar-refractivity contribution is 5.86. The van der Waals surface area contributed by atoms with E-state index in [9.17, 15) is 9.59 Å². The summed E-state index contributed by atoms with van der Waals surface area (Å²) in [5.74, 6) is 0.240. The third-order valence-electron chi connectivity index (χ3n) is 2.77. The number of amides is 2. The van der Waals surface area contributed by atoms with E-state index in [1.54, 1.807) is 14.1 Å². The lowest BCUT2D eigenvalue weighted by atomic mass is 9.97. The maximum Gasteiger partial charge on any atom is 0.241 e. The van der Waals surface area contributed by atoms with Crippen molar-refractivity contribution in [3.05, 3.63) is 0 Å². The highest BCUT2D eigenvalue weighted by atomic mass is 16.2. The SMILES string of the molecule is C[C@@H]1CNC[C@H]1C(=O)NCC(=O)N(C)C. The lowest BCUT2D eigenvalue weighted by molar-refractivity contribution is -0.132. The Bertz CT molecular complexity index is 253. The van der Waals surface area contributed by atoms with Gasteiger partial charge in [0.15, 0.2) is 0 Å². The number of carbonyl (C=O) groups is 2. The van der Waals surface area contributed by atoms with Crippen molar-refractivity contribution in [3.8, 4) is 0 Å². The van der Waals surface area contributed by atoms with Crippen molar-refractivity contribution in [2.24, 2.45) is 11.8 Å². The zero-order valence-electron chi connectivity index (χ0n) is 9.54. The molecule has 86 valence electrons. The molecule has 0 saturated carbocycles. The summed E-state index contributed by atoms with van der Waals surface area (Å²) in [5.41, 5.74) is 0. The van der Waals surface area contributed by atoms with E-state index >= 15 is 0 Å². The van der Waals surface area contributed by atoms with Gasteiger partial charge in [-0.15, -0.1) is 0 Å². The van der Waals surface area contributed by atoms with Gasteiger partial charge in [0.25, 0.3) is 0 Å². The van der Waals surface area contributed by atoms with Crippen LogP contribution in [-0.4, -0.2) is 50.4 Å². The predicted molar refractivity (Wildman–Crippen MR) is 57.2 cm³/mol. The molecule has 1 aliphatic heterocycles. The molecule has 0 aromatic rings. The molecular formula is C10H19N3O2. The average molecular weight is 213 g/mol. The molecule has 0 spiro atoms. The van der Waals surface area contributed by atoms with Gasteiger partial charge in [0.1, 0.15) is 0 Å². The molecule has 1 aliphatic rings. The molecule has 2 N–H and O–H groups in total. The maximum atomic E-state index is 11.7. The number of hydrogen-bond donors (Lipinski definition) is 2. The van der Waals surface area contributed by atoms with Crippen LogP contribution in [0.1, 0.15) is 6.92 Å². The normalized spacial score (nSPS) is 25.0. The molecule has 1 heterocycles. The molecule has 0 bridgehead atoms. The minimum absolute atomic E-state index is 0.0000350. The average Bonchev–Trinajstić information content (AvgIpc) is 2.60. The van der Waals surface area contributed by atoms with Crippen molar-refractivity contribution in [2.75, 3.05) is 33.7 Å². The second-order valence-corrected chi connectivity index (χ2v) is 4.25. The molecule has 1 rings (SSSR count). The van der Waals surface area contributed by atoms with Gasteiger partial charge >= 0.3 is 0 Å². The lowest BCUT2D eigenvalue weighted by Crippen LogP contribution is -2.40. The summed E-state index contributed by atoms with van der Waals surface area (Å²) in [6, 6.07) is 0. The van der Waals surface area contributed by atoms with Crippen LogP contribution in [0.3, 0.4) is 0 Å². The van der Waals surface area contributed by atoms with Crippen molar-refractivity contribution in [1.29, 1.82) is 0 Å². The number of carbonyl (C=O) groups excluding carboxylic acids is 2. The predicted octanol–water partition coefficient (Wildman–Crippen LogP) is -0.954. The smallest absolute Gasteiger partial charge is 0.241 e. The Hall–Kier alpha value is -1.10. The van der Waals surface area contributed by atoms with Crippen molar-refractivity contribution in [2.45, 2.75) is 6.92 Å². The van der Waals surface area contributed by atoms with Crippen LogP contribution in [0.2, 0.25) is 0 Å². The zero-order valence-corrected chi connectivity index (χ0v) is 9.54. The van der Waals surface area contributed by atoms with E-state index in [1.165, 1.54) is 4.90 Å². The summed E-state index contributed by atoms with van der Waals surface area (Å²) in [4.78, 5) is 24.4. The Kier molecular flexibility index (Phi) is 4.08. The molecule has 0 aliphatic carbocycles. The van der Waals surface area contributed by atoms with Crippen LogP contribution >= 0.6 is 0 Å². The van der Waals surface area contributed by atoms with Crippen molar-refractivity contribution < 1.29 is 9.59 Å². The van der Waals surface area contributed by atoms with E-state index < -0.39 is 0 Å². The van der Waals surface area contributed by atoms with Gasteiger partial charge in [-0.1, -0.05) is 6.92 Å². The second-order valence-electron chi connectivity index (χ2n) is 4.25. The lowest BCUT2D eigenvalue weighted by Gasteiger charge is -2.15. The topological polar surface area (TPSA) is 61.4 Å². The van der Waals surface area contributed by atoms with Gasteiger partial charge in [0, 0.05) is 20.6 Å². The summed E-state index contributed by atoms with van der Waals surface area (Å²) in [6.45, 7) is 3.72. The Morgan fingerprint density at radius 2 is 2.07 bits per heavy atom. The summed E-state index contributed by atoms with van der Waals surface area (Å²) in [7, 11) is 3.35. The standard InChI is InChI=1S/C10H19N3O2/c1-7-4-11-5-8(7)10(15)12-6-9(14)13(2)3/h7-8,11H,4-6H2,1-3H3,(H,12,15)/t7-,8-/m1/s1. The molecule has 0 aromatic carbocycles. The Balaban J connectivity index is 2.33. The maximum absolute atomic E-state index is 11.7. The van der Waals surface area contributed by atoms with Gasteiger partial charge in [-0.2, -0.15) is 0 Å². The van der Waals surface area contributed by atoms with E-state index in [0.29, 0.717) is 12.5 Å². The molecule has 1 fully saturated rings. The van der Waals surface area contributed by atoms with Crippen LogP contribution in [0, 0.1) is 11.8 Å². The Morgan fingerprint density at radius 3 is 2.53 bits per heavy atom. The monoisotopic (exact) mass is 213 g/mol. The van der Waals surface area contributed by atoms with Crippen LogP contribution < -0.4 is 10.6 Å². The first kappa shape index (κ1) is 12.0. The van der Waals surface area contributed by atoms with E-state index in [2.05, 4.69) is 10.6 Å². The quantitative estimate of drug-likeness (QED) is 0.635. The van der Waals surface area contributed by atoms with Gasteiger partial charge in [-0.3, -0.25) is 9.59 Å². The first-order valence-corrected chi connectivity index (χ1v) is 5.21. The van der Waals surface area contributed by atoms with Gasteiger partial charge in [-0.25, -0.2) is 0 Å². The molecule has 0 aromatic heterocycles. The summed E-state index contributed by atoms with van der Waals surface area (Å²) in [5, 5.41) is 5.82. The number of hydrogen-bond acceptors (Lipinski definition) is 3. The molecule has 2 amide bonds. The fourth-order valence-electron chi connectivity index (χ4n) is 1.61. The fourth-order valence-corrected chi connectivity index (χ4v) is 1.61. The molecule has 5 heteroatoms. The first-order valence-electron chi connectivity index (χ1n) is 5.21. The van der Waals surface area contributed by atoms with Crippen molar-refractivity contribution in [1.82, 2.24) is 15.5 Å². The molecular weight excluding hydrogens is 194 g/mol. The van der Waals surface area contributed by atoms with E-state index in [0.717, 1.165) is 6.54 Å². The highest BCUT2D eigenvalue weighted by Crippen LogP contribution is 2.15. The van der Waals surface area contributed by atoms with Gasteiger partial charge in [-0.05, 0) is 12.5 Å². The van der Waals surface area contributed by atoms with Crippen LogP contribution in [0.4, 0.5) is 0 Å². The minimum atomic E-state index is -0.0815. The number of nitrogens with zero attached hydrogens (tertiary/aromatic N) is 1. The summed E-state index contributed by atoms with van der Waals surface area (Å²) in [6.07, 6.45) is 0. The van der Waals surface area contributed by atoms with E-state index in [1.807, 2.05) is 6.92 Å². The molecule has 15 heavy (non-hydrogen) atoms. The number of rotatable bonds is 3. The highest BCUT2D eigenvalue weighted by Gasteiger charge is 2.29. The van der Waals surface area contributed by atoms with Crippen molar-refractivity contribution in [3.63, 3.8) is 0 Å². The molecule has 5 nitrogen and oxygen atoms in total. The zero-order chi connectivity index (χ0) is 11.4. The molecule has 0 unspecified atom stereocenters. The third-order valence-corrected chi connectivity index (χ3v) is 2.77. The largest absolute Gasteiger partial charge is 0.347 e.